The van der Waals surface area contributed by atoms with Crippen LogP contribution in [0.1, 0.15) is 28.9 Å². The van der Waals surface area contributed by atoms with Gasteiger partial charge in [0.25, 0.3) is 5.91 Å². The van der Waals surface area contributed by atoms with Gasteiger partial charge in [0.1, 0.15) is 5.82 Å². The highest BCUT2D eigenvalue weighted by Crippen LogP contribution is 2.20. The van der Waals surface area contributed by atoms with Crippen LogP contribution in [0.4, 0.5) is 11.5 Å². The molecule has 1 unspecified atom stereocenters. The smallest absolute Gasteiger partial charge is 0.257 e. The minimum Gasteiger partial charge on any atom is -0.364 e. The molecule has 0 radical (unpaired) electrons. The Kier molecular flexibility index (Phi) is 5.31. The van der Waals surface area contributed by atoms with Crippen LogP contribution >= 0.6 is 11.6 Å². The summed E-state index contributed by atoms with van der Waals surface area (Å²) in [6, 6.07) is 20.8. The number of carbonyl (C=O) groups is 1. The number of hydrogen-bond acceptors (Lipinski definition) is 3. The second-order valence-electron chi connectivity index (χ2n) is 5.64. The number of anilines is 2. The number of carbonyl (C=O) groups excluding carboxylic acids is 1. The van der Waals surface area contributed by atoms with E-state index in [0.717, 1.165) is 5.82 Å². The number of hydrogen-bond donors (Lipinski definition) is 2. The number of pyridine rings is 1. The van der Waals surface area contributed by atoms with E-state index >= 15 is 0 Å². The Hall–Kier alpha value is -2.85. The molecule has 0 bridgehead atoms. The fourth-order valence-corrected chi connectivity index (χ4v) is 2.67. The van der Waals surface area contributed by atoms with Gasteiger partial charge in [-0.3, -0.25) is 4.79 Å². The van der Waals surface area contributed by atoms with Crippen LogP contribution in [-0.4, -0.2) is 10.9 Å². The zero-order valence-electron chi connectivity index (χ0n) is 13.7. The molecule has 1 heterocycles. The number of rotatable bonds is 5. The molecule has 25 heavy (non-hydrogen) atoms. The summed E-state index contributed by atoms with van der Waals surface area (Å²) >= 11 is 6.04. The molecule has 4 nitrogen and oxygen atoms in total. The molecule has 0 spiro atoms. The van der Waals surface area contributed by atoms with E-state index in [1.165, 1.54) is 5.56 Å². The second-order valence-corrected chi connectivity index (χ2v) is 6.05. The summed E-state index contributed by atoms with van der Waals surface area (Å²) < 4.78 is 0. The quantitative estimate of drug-likeness (QED) is 0.667. The molecule has 1 atom stereocenters. The van der Waals surface area contributed by atoms with Crippen LogP contribution in [0.25, 0.3) is 0 Å². The molecule has 0 fully saturated rings. The number of amides is 1. The fourth-order valence-electron chi connectivity index (χ4n) is 2.44. The summed E-state index contributed by atoms with van der Waals surface area (Å²) in [5, 5.41) is 6.55. The summed E-state index contributed by atoms with van der Waals surface area (Å²) in [7, 11) is 0. The van der Waals surface area contributed by atoms with Crippen molar-refractivity contribution < 1.29 is 4.79 Å². The molecule has 1 amide bonds. The number of benzene rings is 2. The maximum Gasteiger partial charge on any atom is 0.257 e. The predicted octanol–water partition coefficient (Wildman–Crippen LogP) is 5.16. The van der Waals surface area contributed by atoms with E-state index in [1.807, 2.05) is 30.3 Å². The van der Waals surface area contributed by atoms with Crippen molar-refractivity contribution in [1.29, 1.82) is 0 Å². The fraction of sp³-hybridized carbons (Fsp3) is 0.100. The van der Waals surface area contributed by atoms with Gasteiger partial charge in [0.15, 0.2) is 0 Å². The highest BCUT2D eigenvalue weighted by molar-refractivity contribution is 6.34. The van der Waals surface area contributed by atoms with Gasteiger partial charge < -0.3 is 10.6 Å². The highest BCUT2D eigenvalue weighted by Gasteiger charge is 2.10. The largest absolute Gasteiger partial charge is 0.364 e. The first-order chi connectivity index (χ1) is 12.1. The van der Waals surface area contributed by atoms with Crippen molar-refractivity contribution in [2.24, 2.45) is 0 Å². The summed E-state index contributed by atoms with van der Waals surface area (Å²) in [5.74, 6) is 0.484. The van der Waals surface area contributed by atoms with Crippen LogP contribution in [0.15, 0.2) is 72.9 Å². The molecule has 0 saturated carbocycles. The van der Waals surface area contributed by atoms with Crippen molar-refractivity contribution in [3.63, 3.8) is 0 Å². The van der Waals surface area contributed by atoms with Gasteiger partial charge in [-0.15, -0.1) is 0 Å². The van der Waals surface area contributed by atoms with Crippen molar-refractivity contribution in [1.82, 2.24) is 4.98 Å². The van der Waals surface area contributed by atoms with Gasteiger partial charge in [-0.25, -0.2) is 4.98 Å². The average Bonchev–Trinajstić information content (AvgIpc) is 2.64. The van der Waals surface area contributed by atoms with E-state index in [0.29, 0.717) is 16.3 Å². The Bertz CT molecular complexity index is 850. The lowest BCUT2D eigenvalue weighted by molar-refractivity contribution is 0.102. The van der Waals surface area contributed by atoms with Gasteiger partial charge in [-0.05, 0) is 36.8 Å². The standard InChI is InChI=1S/C20H18ClN3O/c1-14(15-7-3-2-4-8-15)23-19-12-11-16(13-22-19)24-20(25)17-9-5-6-10-18(17)21/h2-14H,1H3,(H,22,23)(H,24,25). The molecule has 5 heteroatoms. The second kappa shape index (κ2) is 7.81. The summed E-state index contributed by atoms with van der Waals surface area (Å²) in [5.41, 5.74) is 2.23. The van der Waals surface area contributed by atoms with Crippen LogP contribution < -0.4 is 10.6 Å². The van der Waals surface area contributed by atoms with Gasteiger partial charge in [-0.2, -0.15) is 0 Å². The number of nitrogens with one attached hydrogen (secondary N) is 2. The Balaban J connectivity index is 1.64. The van der Waals surface area contributed by atoms with E-state index in [2.05, 4.69) is 34.7 Å². The van der Waals surface area contributed by atoms with E-state index in [4.69, 9.17) is 11.6 Å². The number of aromatic nitrogens is 1. The molecule has 1 aromatic heterocycles. The molecular weight excluding hydrogens is 334 g/mol. The van der Waals surface area contributed by atoms with Crippen molar-refractivity contribution in [2.45, 2.75) is 13.0 Å². The van der Waals surface area contributed by atoms with Gasteiger partial charge in [0.2, 0.25) is 0 Å². The van der Waals surface area contributed by atoms with Crippen molar-refractivity contribution in [2.75, 3.05) is 10.6 Å². The van der Waals surface area contributed by atoms with E-state index < -0.39 is 0 Å². The zero-order chi connectivity index (χ0) is 17.6. The Morgan fingerprint density at radius 1 is 1.00 bits per heavy atom. The van der Waals surface area contributed by atoms with Crippen molar-refractivity contribution in [3.05, 3.63) is 89.1 Å². The average molecular weight is 352 g/mol. The molecule has 126 valence electrons. The molecule has 2 N–H and O–H groups in total. The first-order valence-corrected chi connectivity index (χ1v) is 8.34. The van der Waals surface area contributed by atoms with Crippen LogP contribution in [0, 0.1) is 0 Å². The zero-order valence-corrected chi connectivity index (χ0v) is 14.5. The molecule has 2 aromatic carbocycles. The van der Waals surface area contributed by atoms with E-state index in [1.54, 1.807) is 30.5 Å². The molecule has 0 aliphatic heterocycles. The summed E-state index contributed by atoms with van der Waals surface area (Å²) in [4.78, 5) is 16.6. The lowest BCUT2D eigenvalue weighted by Gasteiger charge is -2.15. The van der Waals surface area contributed by atoms with Crippen LogP contribution in [0.2, 0.25) is 5.02 Å². The monoisotopic (exact) mass is 351 g/mol. The van der Waals surface area contributed by atoms with Crippen LogP contribution in [-0.2, 0) is 0 Å². The van der Waals surface area contributed by atoms with Crippen molar-refractivity contribution >= 4 is 29.0 Å². The topological polar surface area (TPSA) is 54.0 Å². The third-order valence-electron chi connectivity index (χ3n) is 3.80. The highest BCUT2D eigenvalue weighted by atomic mass is 35.5. The number of halogens is 1. The number of nitrogens with zero attached hydrogens (tertiary/aromatic N) is 1. The first kappa shape index (κ1) is 17.0. The minimum absolute atomic E-state index is 0.136. The lowest BCUT2D eigenvalue weighted by Crippen LogP contribution is -2.13. The van der Waals surface area contributed by atoms with Gasteiger partial charge in [-0.1, -0.05) is 54.1 Å². The maximum absolute atomic E-state index is 12.2. The van der Waals surface area contributed by atoms with Gasteiger partial charge in [0, 0.05) is 6.04 Å². The van der Waals surface area contributed by atoms with Gasteiger partial charge >= 0.3 is 0 Å². The van der Waals surface area contributed by atoms with Crippen LogP contribution in [0.5, 0.6) is 0 Å². The Labute approximate surface area is 151 Å². The van der Waals surface area contributed by atoms with Crippen molar-refractivity contribution in [3.8, 4) is 0 Å². The first-order valence-electron chi connectivity index (χ1n) is 7.97. The van der Waals surface area contributed by atoms with Gasteiger partial charge in [0.05, 0.1) is 22.5 Å². The molecular formula is C20H18ClN3O. The molecule has 0 saturated heterocycles. The molecule has 0 aliphatic rings. The Morgan fingerprint density at radius 3 is 2.40 bits per heavy atom. The third kappa shape index (κ3) is 4.37. The third-order valence-corrected chi connectivity index (χ3v) is 4.13. The summed E-state index contributed by atoms with van der Waals surface area (Å²) in [6.45, 7) is 2.07. The minimum atomic E-state index is -0.259. The van der Waals surface area contributed by atoms with Crippen LogP contribution in [0.3, 0.4) is 0 Å². The maximum atomic E-state index is 12.2. The molecule has 3 rings (SSSR count). The predicted molar refractivity (Wildman–Crippen MR) is 102 cm³/mol. The molecule has 0 aliphatic carbocycles. The van der Waals surface area contributed by atoms with E-state index in [-0.39, 0.29) is 11.9 Å². The SMILES string of the molecule is CC(Nc1ccc(NC(=O)c2ccccc2Cl)cn1)c1ccccc1. The van der Waals surface area contributed by atoms with E-state index in [9.17, 15) is 4.79 Å². The summed E-state index contributed by atoms with van der Waals surface area (Å²) in [6.07, 6.45) is 1.62. The Morgan fingerprint density at radius 2 is 1.72 bits per heavy atom. The molecule has 3 aromatic rings. The lowest BCUT2D eigenvalue weighted by atomic mass is 10.1. The normalized spacial score (nSPS) is 11.6.